The van der Waals surface area contributed by atoms with Crippen LogP contribution in [0.1, 0.15) is 58.3 Å². The predicted molar refractivity (Wildman–Crippen MR) is 114 cm³/mol. The average molecular weight is 387 g/mol. The second kappa shape index (κ2) is 13.1. The number of ether oxygens (including phenoxy) is 2. The Hall–Kier alpha value is -2.11. The molecule has 0 aromatic carbocycles. The largest absolute Gasteiger partial charge is 0.467 e. The highest BCUT2D eigenvalue weighted by atomic mass is 16.5. The minimum Gasteiger partial charge on any atom is -0.467 e. The van der Waals surface area contributed by atoms with Crippen LogP contribution in [0.2, 0.25) is 0 Å². The van der Waals surface area contributed by atoms with Crippen LogP contribution in [0.5, 0.6) is 0 Å². The van der Waals surface area contributed by atoms with Gasteiger partial charge in [0.25, 0.3) is 0 Å². The van der Waals surface area contributed by atoms with Crippen LogP contribution < -0.4 is 5.32 Å². The molecule has 0 amide bonds. The van der Waals surface area contributed by atoms with Gasteiger partial charge in [-0.2, -0.15) is 0 Å². The molecule has 5 heteroatoms. The number of rotatable bonds is 13. The second-order valence-corrected chi connectivity index (χ2v) is 6.89. The number of oxazole rings is 1. The first-order chi connectivity index (χ1) is 13.7. The lowest BCUT2D eigenvalue weighted by Crippen LogP contribution is -2.26. The van der Waals surface area contributed by atoms with E-state index in [-0.39, 0.29) is 0 Å². The third kappa shape index (κ3) is 8.28. The molecule has 1 fully saturated rings. The van der Waals surface area contributed by atoms with Crippen molar-refractivity contribution in [1.82, 2.24) is 10.3 Å². The quantitative estimate of drug-likeness (QED) is 0.279. The monoisotopic (exact) mass is 386 g/mol. The molecule has 1 aromatic rings. The zero-order chi connectivity index (χ0) is 20.0. The van der Waals surface area contributed by atoms with E-state index in [0.29, 0.717) is 18.5 Å². The molecular weight excluding hydrogens is 352 g/mol. The van der Waals surface area contributed by atoms with Gasteiger partial charge >= 0.3 is 0 Å². The van der Waals surface area contributed by atoms with Crippen molar-refractivity contribution in [1.29, 1.82) is 0 Å². The van der Waals surface area contributed by atoms with Gasteiger partial charge in [-0.3, -0.25) is 0 Å². The zero-order valence-electron chi connectivity index (χ0n) is 17.3. The molecule has 1 atom stereocenters. The van der Waals surface area contributed by atoms with Crippen LogP contribution in [0.25, 0.3) is 5.57 Å². The fraction of sp³-hybridized carbons (Fsp3) is 0.522. The Labute approximate surface area is 169 Å². The van der Waals surface area contributed by atoms with Gasteiger partial charge < -0.3 is 19.2 Å². The van der Waals surface area contributed by atoms with Gasteiger partial charge in [0.05, 0.1) is 30.9 Å². The van der Waals surface area contributed by atoms with Crippen molar-refractivity contribution in [3.63, 3.8) is 0 Å². The molecule has 0 radical (unpaired) electrons. The Bertz CT molecular complexity index is 653. The van der Waals surface area contributed by atoms with E-state index in [1.807, 2.05) is 26.0 Å². The van der Waals surface area contributed by atoms with Crippen LogP contribution in [0.3, 0.4) is 0 Å². The van der Waals surface area contributed by atoms with Gasteiger partial charge in [0.1, 0.15) is 6.26 Å². The van der Waals surface area contributed by atoms with E-state index < -0.39 is 0 Å². The topological polar surface area (TPSA) is 56.5 Å². The van der Waals surface area contributed by atoms with Crippen molar-refractivity contribution < 1.29 is 13.9 Å². The van der Waals surface area contributed by atoms with E-state index >= 15 is 0 Å². The van der Waals surface area contributed by atoms with E-state index in [4.69, 9.17) is 13.9 Å². The molecule has 0 unspecified atom stereocenters. The van der Waals surface area contributed by atoms with E-state index in [1.54, 1.807) is 12.5 Å². The molecule has 0 bridgehead atoms. The fourth-order valence-electron chi connectivity index (χ4n) is 3.04. The van der Waals surface area contributed by atoms with Crippen LogP contribution in [-0.2, 0) is 9.47 Å². The van der Waals surface area contributed by atoms with E-state index in [0.717, 1.165) is 55.9 Å². The van der Waals surface area contributed by atoms with E-state index in [9.17, 15) is 0 Å². The summed E-state index contributed by atoms with van der Waals surface area (Å²) in [6.07, 6.45) is 17.3. The van der Waals surface area contributed by atoms with Crippen molar-refractivity contribution >= 4 is 5.57 Å². The summed E-state index contributed by atoms with van der Waals surface area (Å²) in [4.78, 5) is 4.13. The van der Waals surface area contributed by atoms with Gasteiger partial charge in [0.15, 0.2) is 0 Å². The summed E-state index contributed by atoms with van der Waals surface area (Å²) in [5, 5.41) is 3.44. The lowest BCUT2D eigenvalue weighted by atomic mass is 10.1. The third-order valence-corrected chi connectivity index (χ3v) is 4.73. The molecule has 5 nitrogen and oxygen atoms in total. The predicted octanol–water partition coefficient (Wildman–Crippen LogP) is 5.40. The summed E-state index contributed by atoms with van der Waals surface area (Å²) in [6.45, 7) is 10.6. The summed E-state index contributed by atoms with van der Waals surface area (Å²) in [5.74, 6) is 2.52. The van der Waals surface area contributed by atoms with Gasteiger partial charge in [-0.15, -0.1) is 0 Å². The number of allylic oxidation sites excluding steroid dienone is 6. The molecule has 1 saturated heterocycles. The van der Waals surface area contributed by atoms with Gasteiger partial charge in [-0.1, -0.05) is 18.7 Å². The molecule has 2 rings (SSSR count). The van der Waals surface area contributed by atoms with Crippen LogP contribution in [-0.4, -0.2) is 30.8 Å². The Morgan fingerprint density at radius 1 is 1.25 bits per heavy atom. The first-order valence-electron chi connectivity index (χ1n) is 10.2. The molecule has 1 aliphatic heterocycles. The molecule has 1 N–H and O–H groups in total. The first kappa shape index (κ1) is 22.2. The summed E-state index contributed by atoms with van der Waals surface area (Å²) in [6, 6.07) is 0.537. The molecule has 0 aliphatic carbocycles. The molecule has 0 spiro atoms. The second-order valence-electron chi connectivity index (χ2n) is 6.89. The van der Waals surface area contributed by atoms with Crippen LogP contribution in [0.15, 0.2) is 59.3 Å². The van der Waals surface area contributed by atoms with E-state index in [2.05, 4.69) is 29.0 Å². The molecule has 1 aliphatic rings. The number of aromatic nitrogens is 1. The Balaban J connectivity index is 1.61. The number of hydrogen-bond donors (Lipinski definition) is 1. The van der Waals surface area contributed by atoms with Crippen molar-refractivity contribution in [2.24, 2.45) is 0 Å². The Morgan fingerprint density at radius 3 is 2.75 bits per heavy atom. The Morgan fingerprint density at radius 2 is 2.07 bits per heavy atom. The summed E-state index contributed by atoms with van der Waals surface area (Å²) in [7, 11) is 0. The van der Waals surface area contributed by atoms with Crippen LogP contribution in [0, 0.1) is 0 Å². The number of nitrogens with one attached hydrogen (secondary N) is 1. The highest BCUT2D eigenvalue weighted by Crippen LogP contribution is 2.22. The van der Waals surface area contributed by atoms with Gasteiger partial charge in [-0.25, -0.2) is 4.98 Å². The summed E-state index contributed by atoms with van der Waals surface area (Å²) in [5.41, 5.74) is 0.880. The maximum absolute atomic E-state index is 6.07. The standard InChI is InChI=1S/C23H34N2O3/c1-4-21(11-7-6-8-16-26-18-20-10-9-14-24-20)28-22(5-2)13-12-19(3)23-25-15-17-27-23/h4-6,8,15,17,20,24H,3,7,9-14,16,18H2,1-2H3/b8-6-,21-4+,22-5+/t20-/m1/s1. The van der Waals surface area contributed by atoms with Crippen LogP contribution >= 0.6 is 0 Å². The van der Waals surface area contributed by atoms with Gasteiger partial charge in [-0.05, 0) is 58.2 Å². The third-order valence-electron chi connectivity index (χ3n) is 4.73. The SMILES string of the molecule is C=C(CC/C(=C\C)O/C(=C/C)CC/C=C\COC[C@H]1CCCN1)c1ncco1. The first-order valence-corrected chi connectivity index (χ1v) is 10.2. The molecule has 28 heavy (non-hydrogen) atoms. The minimum absolute atomic E-state index is 0.537. The van der Waals surface area contributed by atoms with E-state index in [1.165, 1.54) is 12.8 Å². The highest BCUT2D eigenvalue weighted by molar-refractivity contribution is 5.55. The zero-order valence-corrected chi connectivity index (χ0v) is 17.3. The smallest absolute Gasteiger partial charge is 0.221 e. The molecule has 0 saturated carbocycles. The number of hydrogen-bond acceptors (Lipinski definition) is 5. The van der Waals surface area contributed by atoms with Crippen molar-refractivity contribution in [2.45, 2.75) is 58.4 Å². The van der Waals surface area contributed by atoms with Crippen molar-refractivity contribution in [3.8, 4) is 0 Å². The lowest BCUT2D eigenvalue weighted by molar-refractivity contribution is 0.141. The number of nitrogens with zero attached hydrogens (tertiary/aromatic N) is 1. The summed E-state index contributed by atoms with van der Waals surface area (Å²) < 4.78 is 17.0. The molecule has 2 heterocycles. The fourth-order valence-corrected chi connectivity index (χ4v) is 3.04. The molecule has 154 valence electrons. The van der Waals surface area contributed by atoms with Crippen molar-refractivity contribution in [3.05, 3.63) is 60.8 Å². The average Bonchev–Trinajstić information content (AvgIpc) is 3.42. The molecular formula is C23H34N2O3. The normalized spacial score (nSPS) is 18.1. The molecule has 1 aromatic heterocycles. The highest BCUT2D eigenvalue weighted by Gasteiger charge is 2.13. The maximum atomic E-state index is 6.07. The van der Waals surface area contributed by atoms with Gasteiger partial charge in [0.2, 0.25) is 5.89 Å². The Kier molecular flexibility index (Phi) is 10.4. The van der Waals surface area contributed by atoms with Crippen molar-refractivity contribution in [2.75, 3.05) is 19.8 Å². The van der Waals surface area contributed by atoms with Crippen LogP contribution in [0.4, 0.5) is 0 Å². The maximum Gasteiger partial charge on any atom is 0.221 e. The minimum atomic E-state index is 0.537. The lowest BCUT2D eigenvalue weighted by Gasteiger charge is -2.13. The van der Waals surface area contributed by atoms with Gasteiger partial charge in [0, 0.05) is 24.5 Å². The summed E-state index contributed by atoms with van der Waals surface area (Å²) >= 11 is 0.